The van der Waals surface area contributed by atoms with Gasteiger partial charge in [0.15, 0.2) is 0 Å². The van der Waals surface area contributed by atoms with Gasteiger partial charge in [0.25, 0.3) is 0 Å². The molecule has 0 aromatic carbocycles. The van der Waals surface area contributed by atoms with E-state index in [9.17, 15) is 14.7 Å². The van der Waals surface area contributed by atoms with Crippen molar-refractivity contribution in [2.24, 2.45) is 0 Å². The van der Waals surface area contributed by atoms with Gasteiger partial charge in [-0.15, -0.1) is 0 Å². The standard InChI is InChI=1S/C18H23N7O3/c1-10-8-11(2)23(21-10)9-24-13(4)16(12(3)22-24)20-17(26)14(5)25-15(18(27)28)6-7-19-25/h6-8,14H,9H2,1-5H3,(H,20,26)(H,27,28). The molecule has 10 nitrogen and oxygen atoms in total. The first-order valence-corrected chi connectivity index (χ1v) is 8.81. The third-order valence-corrected chi connectivity index (χ3v) is 4.64. The van der Waals surface area contributed by atoms with Gasteiger partial charge in [-0.05, 0) is 46.8 Å². The Kier molecular flexibility index (Phi) is 5.04. The topological polar surface area (TPSA) is 120 Å². The van der Waals surface area contributed by atoms with Gasteiger partial charge in [0.2, 0.25) is 5.91 Å². The van der Waals surface area contributed by atoms with E-state index < -0.39 is 12.0 Å². The van der Waals surface area contributed by atoms with Crippen molar-refractivity contribution >= 4 is 17.6 Å². The molecule has 2 N–H and O–H groups in total. The number of carbonyl (C=O) groups excluding carboxylic acids is 1. The maximum atomic E-state index is 12.7. The first kappa shape index (κ1) is 19.3. The number of hydrogen-bond acceptors (Lipinski definition) is 5. The second-order valence-electron chi connectivity index (χ2n) is 6.74. The molecule has 0 aliphatic heterocycles. The Morgan fingerprint density at radius 1 is 1.18 bits per heavy atom. The molecule has 1 amide bonds. The maximum absolute atomic E-state index is 12.7. The summed E-state index contributed by atoms with van der Waals surface area (Å²) in [5, 5.41) is 25.0. The van der Waals surface area contributed by atoms with Crippen LogP contribution in [0, 0.1) is 27.7 Å². The van der Waals surface area contributed by atoms with Crippen molar-refractivity contribution in [3.63, 3.8) is 0 Å². The molecule has 3 rings (SSSR count). The van der Waals surface area contributed by atoms with Crippen LogP contribution < -0.4 is 5.32 Å². The number of carboxylic acids is 1. The third-order valence-electron chi connectivity index (χ3n) is 4.64. The second-order valence-corrected chi connectivity index (χ2v) is 6.74. The molecule has 3 aromatic rings. The fourth-order valence-electron chi connectivity index (χ4n) is 3.09. The Morgan fingerprint density at radius 2 is 1.89 bits per heavy atom. The molecule has 0 aliphatic rings. The SMILES string of the molecule is Cc1cc(C)n(Cn2nc(C)c(NC(=O)C(C)n3nccc3C(=O)O)c2C)n1. The number of aryl methyl sites for hydroxylation is 3. The number of rotatable bonds is 6. The van der Waals surface area contributed by atoms with E-state index in [-0.39, 0.29) is 11.6 Å². The summed E-state index contributed by atoms with van der Waals surface area (Å²) in [4.78, 5) is 24.0. The van der Waals surface area contributed by atoms with Crippen LogP contribution in [-0.4, -0.2) is 46.3 Å². The van der Waals surface area contributed by atoms with Gasteiger partial charge in [-0.1, -0.05) is 0 Å². The highest BCUT2D eigenvalue weighted by molar-refractivity contribution is 5.95. The van der Waals surface area contributed by atoms with Gasteiger partial charge < -0.3 is 10.4 Å². The van der Waals surface area contributed by atoms with Gasteiger partial charge in [0.05, 0.1) is 22.8 Å². The fourth-order valence-corrected chi connectivity index (χ4v) is 3.09. The van der Waals surface area contributed by atoms with Crippen LogP contribution in [0.4, 0.5) is 5.69 Å². The van der Waals surface area contributed by atoms with Crippen LogP contribution in [0.2, 0.25) is 0 Å². The number of carboxylic acid groups (broad SMARTS) is 1. The lowest BCUT2D eigenvalue weighted by Gasteiger charge is -2.14. The Labute approximate surface area is 161 Å². The van der Waals surface area contributed by atoms with Crippen LogP contribution in [0.1, 0.15) is 46.2 Å². The molecule has 3 aromatic heterocycles. The fraction of sp³-hybridized carbons (Fsp3) is 0.389. The quantitative estimate of drug-likeness (QED) is 0.669. The lowest BCUT2D eigenvalue weighted by molar-refractivity contribution is -0.119. The minimum atomic E-state index is -1.14. The summed E-state index contributed by atoms with van der Waals surface area (Å²) in [7, 11) is 0. The first-order chi connectivity index (χ1) is 13.2. The van der Waals surface area contributed by atoms with Crippen LogP contribution >= 0.6 is 0 Å². The summed E-state index contributed by atoms with van der Waals surface area (Å²) < 4.78 is 4.79. The molecule has 28 heavy (non-hydrogen) atoms. The first-order valence-electron chi connectivity index (χ1n) is 8.81. The molecule has 148 valence electrons. The monoisotopic (exact) mass is 385 g/mol. The summed E-state index contributed by atoms with van der Waals surface area (Å²) in [5.74, 6) is -1.51. The number of aromatic nitrogens is 6. The third kappa shape index (κ3) is 3.53. The molecule has 0 saturated carbocycles. The van der Waals surface area contributed by atoms with Crippen molar-refractivity contribution in [1.29, 1.82) is 0 Å². The van der Waals surface area contributed by atoms with Crippen molar-refractivity contribution in [1.82, 2.24) is 29.3 Å². The number of amides is 1. The average Bonchev–Trinajstić information content (AvgIpc) is 3.29. The molecule has 1 atom stereocenters. The van der Waals surface area contributed by atoms with E-state index in [0.717, 1.165) is 17.1 Å². The lowest BCUT2D eigenvalue weighted by atomic mass is 10.2. The highest BCUT2D eigenvalue weighted by Crippen LogP contribution is 2.22. The second kappa shape index (κ2) is 7.29. The van der Waals surface area contributed by atoms with E-state index in [1.54, 1.807) is 11.6 Å². The number of carbonyl (C=O) groups is 2. The van der Waals surface area contributed by atoms with Crippen LogP contribution in [0.25, 0.3) is 0 Å². The van der Waals surface area contributed by atoms with E-state index in [0.29, 0.717) is 18.1 Å². The Balaban J connectivity index is 1.81. The normalized spacial score (nSPS) is 12.2. The molecule has 0 bridgehead atoms. The average molecular weight is 385 g/mol. The summed E-state index contributed by atoms with van der Waals surface area (Å²) in [5.41, 5.74) is 3.95. The van der Waals surface area contributed by atoms with Crippen LogP contribution in [0.15, 0.2) is 18.3 Å². The summed E-state index contributed by atoms with van der Waals surface area (Å²) >= 11 is 0. The molecule has 0 radical (unpaired) electrons. The number of anilines is 1. The number of hydrogen-bond donors (Lipinski definition) is 2. The minimum Gasteiger partial charge on any atom is -0.477 e. The molecule has 3 heterocycles. The van der Waals surface area contributed by atoms with Crippen molar-refractivity contribution in [3.8, 4) is 0 Å². The Bertz CT molecular complexity index is 1040. The number of nitrogens with zero attached hydrogens (tertiary/aromatic N) is 6. The molecular formula is C18H23N7O3. The number of nitrogens with one attached hydrogen (secondary N) is 1. The smallest absolute Gasteiger partial charge is 0.354 e. The zero-order valence-electron chi connectivity index (χ0n) is 16.5. The van der Waals surface area contributed by atoms with E-state index >= 15 is 0 Å². The predicted molar refractivity (Wildman–Crippen MR) is 101 cm³/mol. The molecule has 0 spiro atoms. The Morgan fingerprint density at radius 3 is 2.50 bits per heavy atom. The van der Waals surface area contributed by atoms with Crippen LogP contribution in [0.5, 0.6) is 0 Å². The molecule has 10 heteroatoms. The highest BCUT2D eigenvalue weighted by Gasteiger charge is 2.23. The predicted octanol–water partition coefficient (Wildman–Crippen LogP) is 1.91. The van der Waals surface area contributed by atoms with Gasteiger partial charge in [-0.3, -0.25) is 4.79 Å². The molecule has 0 fully saturated rings. The summed E-state index contributed by atoms with van der Waals surface area (Å²) in [6, 6.07) is 2.55. The van der Waals surface area contributed by atoms with E-state index in [2.05, 4.69) is 20.6 Å². The zero-order chi connectivity index (χ0) is 20.6. The zero-order valence-corrected chi connectivity index (χ0v) is 16.5. The molecule has 0 saturated heterocycles. The molecule has 1 unspecified atom stereocenters. The molecular weight excluding hydrogens is 362 g/mol. The van der Waals surface area contributed by atoms with Crippen molar-refractivity contribution in [2.75, 3.05) is 5.32 Å². The van der Waals surface area contributed by atoms with E-state index in [4.69, 9.17) is 0 Å². The highest BCUT2D eigenvalue weighted by atomic mass is 16.4. The van der Waals surface area contributed by atoms with Crippen molar-refractivity contribution < 1.29 is 14.7 Å². The summed E-state index contributed by atoms with van der Waals surface area (Å²) in [6.07, 6.45) is 1.36. The van der Waals surface area contributed by atoms with Crippen LogP contribution in [0.3, 0.4) is 0 Å². The van der Waals surface area contributed by atoms with Crippen LogP contribution in [-0.2, 0) is 11.5 Å². The molecule has 0 aliphatic carbocycles. The van der Waals surface area contributed by atoms with Gasteiger partial charge in [0.1, 0.15) is 18.4 Å². The minimum absolute atomic E-state index is 0.0451. The van der Waals surface area contributed by atoms with E-state index in [1.807, 2.05) is 38.4 Å². The van der Waals surface area contributed by atoms with E-state index in [1.165, 1.54) is 16.9 Å². The van der Waals surface area contributed by atoms with Gasteiger partial charge in [-0.25, -0.2) is 18.8 Å². The van der Waals surface area contributed by atoms with Gasteiger partial charge in [-0.2, -0.15) is 15.3 Å². The summed E-state index contributed by atoms with van der Waals surface area (Å²) in [6.45, 7) is 9.60. The largest absolute Gasteiger partial charge is 0.477 e. The Hall–Kier alpha value is -3.43. The maximum Gasteiger partial charge on any atom is 0.354 e. The van der Waals surface area contributed by atoms with Crippen molar-refractivity contribution in [3.05, 3.63) is 46.8 Å². The van der Waals surface area contributed by atoms with Crippen molar-refractivity contribution in [2.45, 2.75) is 47.3 Å². The lowest BCUT2D eigenvalue weighted by Crippen LogP contribution is -2.27. The van der Waals surface area contributed by atoms with Gasteiger partial charge >= 0.3 is 5.97 Å². The number of aromatic carboxylic acids is 1. The van der Waals surface area contributed by atoms with Gasteiger partial charge in [0, 0.05) is 11.9 Å².